The van der Waals surface area contributed by atoms with Gasteiger partial charge >= 0.3 is 5.97 Å². The number of rotatable bonds is 2. The molecule has 0 aromatic carbocycles. The van der Waals surface area contributed by atoms with Gasteiger partial charge in [0.2, 0.25) is 0 Å². The van der Waals surface area contributed by atoms with Crippen LogP contribution in [-0.2, 0) is 19.1 Å². The zero-order chi connectivity index (χ0) is 28.1. The number of esters is 1. The van der Waals surface area contributed by atoms with Crippen LogP contribution in [0.15, 0.2) is 11.6 Å². The van der Waals surface area contributed by atoms with Gasteiger partial charge < -0.3 is 4.74 Å². The minimum atomic E-state index is -0.619. The van der Waals surface area contributed by atoms with Crippen LogP contribution in [0.3, 0.4) is 0 Å². The van der Waals surface area contributed by atoms with E-state index in [1.807, 2.05) is 19.9 Å². The van der Waals surface area contributed by atoms with Crippen LogP contribution in [0, 0.1) is 67.5 Å². The van der Waals surface area contributed by atoms with E-state index >= 15 is 0 Å². The number of carbonyl (C=O) groups is 3. The molecule has 4 saturated carbocycles. The van der Waals surface area contributed by atoms with E-state index in [0.29, 0.717) is 18.6 Å². The third kappa shape index (κ3) is 3.43. The fraction of sp³-hybridized carbons (Fsp3) is 0.818. The van der Waals surface area contributed by atoms with Gasteiger partial charge in [-0.15, -0.1) is 0 Å². The number of nitrogens with zero attached hydrogens (tertiary/aromatic N) is 1. The highest BCUT2D eigenvalue weighted by Gasteiger charge is 2.72. The van der Waals surface area contributed by atoms with Crippen LogP contribution < -0.4 is 0 Å². The van der Waals surface area contributed by atoms with Crippen LogP contribution in [-0.4, -0.2) is 24.6 Å². The molecule has 5 rings (SSSR count). The Morgan fingerprint density at radius 2 is 1.63 bits per heavy atom. The van der Waals surface area contributed by atoms with Crippen LogP contribution in [0.4, 0.5) is 0 Å². The Labute approximate surface area is 229 Å². The lowest BCUT2D eigenvalue weighted by molar-refractivity contribution is -0.224. The van der Waals surface area contributed by atoms with Gasteiger partial charge in [-0.1, -0.05) is 54.5 Å². The second kappa shape index (κ2) is 8.28. The minimum Gasteiger partial charge on any atom is -0.469 e. The van der Waals surface area contributed by atoms with E-state index in [2.05, 4.69) is 40.7 Å². The van der Waals surface area contributed by atoms with Crippen molar-refractivity contribution in [1.29, 1.82) is 5.26 Å². The van der Waals surface area contributed by atoms with E-state index in [1.54, 1.807) is 0 Å². The van der Waals surface area contributed by atoms with Gasteiger partial charge in [0.15, 0.2) is 5.78 Å². The summed E-state index contributed by atoms with van der Waals surface area (Å²) in [7, 11) is 1.48. The topological polar surface area (TPSA) is 84.2 Å². The van der Waals surface area contributed by atoms with Gasteiger partial charge in [0, 0.05) is 17.8 Å². The van der Waals surface area contributed by atoms with Crippen molar-refractivity contribution in [2.24, 2.45) is 56.2 Å². The first-order chi connectivity index (χ1) is 17.5. The number of carbonyl (C=O) groups excluding carboxylic acids is 3. The summed E-state index contributed by atoms with van der Waals surface area (Å²) < 4.78 is 5.18. The first-order valence-electron chi connectivity index (χ1n) is 14.8. The largest absolute Gasteiger partial charge is 0.469 e. The lowest BCUT2D eigenvalue weighted by Crippen LogP contribution is -2.68. The number of Topliss-reactive ketones (excluding diaryl/α,β-unsaturated/α-hetero) is 2. The molecule has 0 heterocycles. The maximum atomic E-state index is 14.5. The smallest absolute Gasteiger partial charge is 0.306 e. The molecule has 0 aromatic rings. The number of ether oxygens (including phenoxy) is 1. The zero-order valence-electron chi connectivity index (χ0n) is 24.8. The average molecular weight is 522 g/mol. The summed E-state index contributed by atoms with van der Waals surface area (Å²) in [6, 6.07) is 2.21. The van der Waals surface area contributed by atoms with Crippen molar-refractivity contribution in [1.82, 2.24) is 0 Å². The third-order valence-corrected chi connectivity index (χ3v) is 13.4. The molecule has 0 N–H and O–H groups in total. The summed E-state index contributed by atoms with van der Waals surface area (Å²) in [5, 5.41) is 9.90. The Kier molecular flexibility index (Phi) is 6.01. The van der Waals surface area contributed by atoms with Crippen LogP contribution in [0.1, 0.15) is 106 Å². The van der Waals surface area contributed by atoms with Gasteiger partial charge in [-0.2, -0.15) is 5.26 Å². The summed E-state index contributed by atoms with van der Waals surface area (Å²) in [4.78, 5) is 40.4. The molecule has 0 amide bonds. The van der Waals surface area contributed by atoms with Crippen molar-refractivity contribution in [2.45, 2.75) is 106 Å². The molecule has 0 radical (unpaired) electrons. The van der Waals surface area contributed by atoms with Crippen molar-refractivity contribution in [3.05, 3.63) is 11.6 Å². The Morgan fingerprint density at radius 1 is 0.974 bits per heavy atom. The van der Waals surface area contributed by atoms with Crippen molar-refractivity contribution in [3.8, 4) is 6.07 Å². The highest BCUT2D eigenvalue weighted by Crippen LogP contribution is 2.76. The Hall–Kier alpha value is -1.96. The quantitative estimate of drug-likeness (QED) is 0.371. The van der Waals surface area contributed by atoms with Crippen LogP contribution >= 0.6 is 0 Å². The Morgan fingerprint density at radius 3 is 2.26 bits per heavy atom. The van der Waals surface area contributed by atoms with E-state index in [4.69, 9.17) is 4.74 Å². The summed E-state index contributed by atoms with van der Waals surface area (Å²) in [5.41, 5.74) is -1.04. The summed E-state index contributed by atoms with van der Waals surface area (Å²) in [6.07, 6.45) is 9.70. The maximum Gasteiger partial charge on any atom is 0.306 e. The molecule has 0 saturated heterocycles. The fourth-order valence-corrected chi connectivity index (χ4v) is 11.1. The third-order valence-electron chi connectivity index (χ3n) is 13.4. The number of hydrogen-bond donors (Lipinski definition) is 0. The van der Waals surface area contributed by atoms with Crippen LogP contribution in [0.25, 0.3) is 0 Å². The Bertz CT molecular complexity index is 1160. The predicted octanol–water partition coefficient (Wildman–Crippen LogP) is 6.85. The van der Waals surface area contributed by atoms with Crippen molar-refractivity contribution < 1.29 is 19.1 Å². The molecular weight excluding hydrogens is 474 g/mol. The number of nitriles is 1. The summed E-state index contributed by atoms with van der Waals surface area (Å²) in [6.45, 7) is 15.7. The maximum absolute atomic E-state index is 14.5. The first kappa shape index (κ1) is 27.6. The van der Waals surface area contributed by atoms with Crippen LogP contribution in [0.2, 0.25) is 0 Å². The number of ketones is 2. The van der Waals surface area contributed by atoms with E-state index in [-0.39, 0.29) is 68.1 Å². The van der Waals surface area contributed by atoms with Gasteiger partial charge in [0.25, 0.3) is 0 Å². The molecule has 5 heteroatoms. The van der Waals surface area contributed by atoms with Crippen molar-refractivity contribution in [3.63, 3.8) is 0 Å². The standard InChI is InChI=1S/C33H47NO4/c1-28(2)11-13-33(18-25(36)38-8)14-12-32(7)26(21(33)17-28)22(35)15-24-30(5)16-20(19-34)27(37)29(3,4)23(30)9-10-31(24,32)6/h16,21,23-24,26H,9-15,17-18H2,1-8H3/t21-,23+,24?,26+,30+,31-,32-,33-/m1/s1. The average Bonchev–Trinajstić information content (AvgIpc) is 2.83. The van der Waals surface area contributed by atoms with Gasteiger partial charge in [-0.3, -0.25) is 14.4 Å². The molecule has 1 unspecified atom stereocenters. The molecule has 5 aliphatic rings. The lowest BCUT2D eigenvalue weighted by atomic mass is 9.31. The van der Waals surface area contributed by atoms with Gasteiger partial charge in [-0.05, 0) is 89.8 Å². The minimum absolute atomic E-state index is 0.0491. The van der Waals surface area contributed by atoms with E-state index in [1.165, 1.54) is 7.11 Å². The molecule has 4 fully saturated rings. The molecule has 8 atom stereocenters. The number of allylic oxidation sites excluding steroid dienone is 2. The number of methoxy groups -OCH3 is 1. The molecule has 5 nitrogen and oxygen atoms in total. The predicted molar refractivity (Wildman–Crippen MR) is 146 cm³/mol. The highest BCUT2D eigenvalue weighted by molar-refractivity contribution is 6.04. The number of fused-ring (bicyclic) bond motifs is 7. The zero-order valence-corrected chi connectivity index (χ0v) is 24.8. The molecule has 5 aliphatic carbocycles. The molecule has 0 spiro atoms. The van der Waals surface area contributed by atoms with Gasteiger partial charge in [-0.25, -0.2) is 0 Å². The normalized spacial score (nSPS) is 46.9. The summed E-state index contributed by atoms with van der Waals surface area (Å²) >= 11 is 0. The molecule has 0 aliphatic heterocycles. The van der Waals surface area contributed by atoms with E-state index < -0.39 is 5.41 Å². The SMILES string of the molecule is COC(=O)C[C@]12CCC(C)(C)C[C@@H]1[C@H]1C(=O)CC3[C@@]4(C)C=C(C#N)C(=O)C(C)(C)[C@@H]4CC[C@@]3(C)[C@]1(C)CC2. The molecular formula is C33H47NO4. The number of hydrogen-bond acceptors (Lipinski definition) is 5. The fourth-order valence-electron chi connectivity index (χ4n) is 11.1. The molecule has 0 bridgehead atoms. The van der Waals surface area contributed by atoms with Crippen LogP contribution in [0.5, 0.6) is 0 Å². The van der Waals surface area contributed by atoms with Crippen molar-refractivity contribution >= 4 is 17.5 Å². The highest BCUT2D eigenvalue weighted by atomic mass is 16.5. The molecule has 38 heavy (non-hydrogen) atoms. The van der Waals surface area contributed by atoms with E-state index in [9.17, 15) is 19.6 Å². The molecule has 208 valence electrons. The van der Waals surface area contributed by atoms with Gasteiger partial charge in [0.05, 0.1) is 19.1 Å². The monoisotopic (exact) mass is 521 g/mol. The second-order valence-corrected chi connectivity index (χ2v) is 15.8. The van der Waals surface area contributed by atoms with Crippen molar-refractivity contribution in [2.75, 3.05) is 7.11 Å². The summed E-state index contributed by atoms with van der Waals surface area (Å²) in [5.74, 6) is 0.447. The second-order valence-electron chi connectivity index (χ2n) is 15.8. The Balaban J connectivity index is 1.62. The van der Waals surface area contributed by atoms with E-state index in [0.717, 1.165) is 44.9 Å². The first-order valence-corrected chi connectivity index (χ1v) is 14.8. The molecule has 0 aromatic heterocycles. The lowest BCUT2D eigenvalue weighted by Gasteiger charge is -2.72. The van der Waals surface area contributed by atoms with Gasteiger partial charge in [0.1, 0.15) is 11.9 Å².